The van der Waals surface area contributed by atoms with E-state index in [1.807, 2.05) is 48.2 Å². The van der Waals surface area contributed by atoms with Crippen LogP contribution in [0.5, 0.6) is 5.88 Å². The minimum absolute atomic E-state index is 0.0541. The normalized spacial score (nSPS) is 15.2. The Morgan fingerprint density at radius 2 is 1.85 bits per heavy atom. The van der Waals surface area contributed by atoms with Crippen LogP contribution in [0.3, 0.4) is 0 Å². The van der Waals surface area contributed by atoms with E-state index in [-0.39, 0.29) is 24.4 Å². The van der Waals surface area contributed by atoms with Gasteiger partial charge in [-0.25, -0.2) is 9.37 Å². The lowest BCUT2D eigenvalue weighted by molar-refractivity contribution is 0.0562. The van der Waals surface area contributed by atoms with E-state index in [1.54, 1.807) is 18.3 Å². The first-order valence-electron chi connectivity index (χ1n) is 11.5. The van der Waals surface area contributed by atoms with E-state index >= 15 is 0 Å². The van der Waals surface area contributed by atoms with Crippen molar-refractivity contribution in [2.45, 2.75) is 39.8 Å². The summed E-state index contributed by atoms with van der Waals surface area (Å²) < 4.78 is 19.8. The number of halogens is 1. The molecule has 6 heteroatoms. The minimum Gasteiger partial charge on any atom is -0.475 e. The Bertz CT molecular complexity index is 1100. The molecule has 0 saturated heterocycles. The Hall–Kier alpha value is -3.41. The van der Waals surface area contributed by atoms with Crippen LogP contribution in [0.15, 0.2) is 60.8 Å². The van der Waals surface area contributed by atoms with Crippen LogP contribution in [-0.2, 0) is 13.0 Å². The number of nitrogens with zero attached hydrogens (tertiary/aromatic N) is 3. The Labute approximate surface area is 194 Å². The molecule has 0 aliphatic carbocycles. The first-order valence-corrected chi connectivity index (χ1v) is 11.5. The molecule has 1 aliphatic rings. The Morgan fingerprint density at radius 3 is 2.52 bits per heavy atom. The van der Waals surface area contributed by atoms with Crippen molar-refractivity contribution >= 4 is 11.6 Å². The van der Waals surface area contributed by atoms with E-state index in [9.17, 15) is 9.18 Å². The molecule has 172 valence electrons. The van der Waals surface area contributed by atoms with E-state index in [1.165, 1.54) is 6.07 Å². The molecule has 33 heavy (non-hydrogen) atoms. The average molecular weight is 448 g/mol. The molecule has 4 rings (SSSR count). The molecule has 1 aliphatic heterocycles. The van der Waals surface area contributed by atoms with Crippen LogP contribution in [0.25, 0.3) is 0 Å². The lowest BCUT2D eigenvalue weighted by Gasteiger charge is -2.37. The third-order valence-corrected chi connectivity index (χ3v) is 6.22. The monoisotopic (exact) mass is 447 g/mol. The van der Waals surface area contributed by atoms with E-state index < -0.39 is 0 Å². The van der Waals surface area contributed by atoms with Crippen molar-refractivity contribution in [2.75, 3.05) is 24.6 Å². The van der Waals surface area contributed by atoms with Gasteiger partial charge in [-0.05, 0) is 80.3 Å². The molecular formula is C27H30FN3O2. The summed E-state index contributed by atoms with van der Waals surface area (Å²) in [5, 5.41) is 0. The van der Waals surface area contributed by atoms with Gasteiger partial charge in [-0.3, -0.25) is 4.79 Å². The fourth-order valence-electron chi connectivity index (χ4n) is 4.29. The molecule has 2 aromatic carbocycles. The fraction of sp³-hybridized carbons (Fsp3) is 0.333. The van der Waals surface area contributed by atoms with Gasteiger partial charge in [-0.1, -0.05) is 12.1 Å². The van der Waals surface area contributed by atoms with E-state index in [4.69, 9.17) is 4.74 Å². The minimum atomic E-state index is -0.264. The number of rotatable bonds is 7. The Kier molecular flexibility index (Phi) is 6.92. The van der Waals surface area contributed by atoms with Crippen LogP contribution in [0.4, 0.5) is 10.1 Å². The number of anilines is 1. The van der Waals surface area contributed by atoms with Gasteiger partial charge in [0.25, 0.3) is 5.91 Å². The van der Waals surface area contributed by atoms with E-state index in [0.717, 1.165) is 35.5 Å². The van der Waals surface area contributed by atoms with Crippen LogP contribution in [0, 0.1) is 12.7 Å². The second-order valence-electron chi connectivity index (χ2n) is 8.41. The zero-order valence-corrected chi connectivity index (χ0v) is 19.4. The molecule has 1 aromatic heterocycles. The highest BCUT2D eigenvalue weighted by Crippen LogP contribution is 2.27. The van der Waals surface area contributed by atoms with Gasteiger partial charge >= 0.3 is 0 Å². The molecule has 2 heterocycles. The molecule has 1 unspecified atom stereocenters. The number of amides is 1. The van der Waals surface area contributed by atoms with Gasteiger partial charge < -0.3 is 14.5 Å². The summed E-state index contributed by atoms with van der Waals surface area (Å²) in [5.41, 5.74) is 4.67. The predicted molar refractivity (Wildman–Crippen MR) is 128 cm³/mol. The van der Waals surface area contributed by atoms with Crippen molar-refractivity contribution in [3.63, 3.8) is 0 Å². The first-order chi connectivity index (χ1) is 16.0. The fourth-order valence-corrected chi connectivity index (χ4v) is 4.29. The van der Waals surface area contributed by atoms with Gasteiger partial charge in [-0.15, -0.1) is 0 Å². The molecule has 0 saturated carbocycles. The van der Waals surface area contributed by atoms with Gasteiger partial charge in [-0.2, -0.15) is 0 Å². The summed E-state index contributed by atoms with van der Waals surface area (Å²) in [6.07, 6.45) is 2.28. The summed E-state index contributed by atoms with van der Waals surface area (Å²) in [4.78, 5) is 21.9. The lowest BCUT2D eigenvalue weighted by atomic mass is 9.93. The first kappa shape index (κ1) is 22.8. The van der Waals surface area contributed by atoms with Gasteiger partial charge in [0.15, 0.2) is 0 Å². The molecule has 0 spiro atoms. The largest absolute Gasteiger partial charge is 0.475 e. The van der Waals surface area contributed by atoms with Crippen LogP contribution in [-0.4, -0.2) is 41.5 Å². The van der Waals surface area contributed by atoms with Crippen molar-refractivity contribution in [3.8, 4) is 5.88 Å². The summed E-state index contributed by atoms with van der Waals surface area (Å²) >= 11 is 0. The van der Waals surface area contributed by atoms with Crippen molar-refractivity contribution in [1.82, 2.24) is 9.88 Å². The second kappa shape index (κ2) is 10.0. The zero-order valence-electron chi connectivity index (χ0n) is 19.4. The smallest absolute Gasteiger partial charge is 0.254 e. The maximum absolute atomic E-state index is 13.9. The molecule has 1 amide bonds. The zero-order chi connectivity index (χ0) is 23.4. The third-order valence-electron chi connectivity index (χ3n) is 6.22. The number of carbonyl (C=O) groups is 1. The maximum Gasteiger partial charge on any atom is 0.254 e. The highest BCUT2D eigenvalue weighted by atomic mass is 19.1. The van der Waals surface area contributed by atoms with Crippen molar-refractivity contribution in [2.24, 2.45) is 0 Å². The van der Waals surface area contributed by atoms with E-state index in [0.29, 0.717) is 24.4 Å². The molecule has 0 N–H and O–H groups in total. The van der Waals surface area contributed by atoms with Gasteiger partial charge in [0.1, 0.15) is 12.4 Å². The number of fused-ring (bicyclic) bond motifs is 1. The van der Waals surface area contributed by atoms with Gasteiger partial charge in [0, 0.05) is 43.1 Å². The predicted octanol–water partition coefficient (Wildman–Crippen LogP) is 5.02. The average Bonchev–Trinajstić information content (AvgIpc) is 2.84. The van der Waals surface area contributed by atoms with E-state index in [2.05, 4.69) is 23.7 Å². The molecular weight excluding hydrogens is 417 g/mol. The van der Waals surface area contributed by atoms with Crippen LogP contribution < -0.4 is 9.64 Å². The number of hydrogen-bond donors (Lipinski definition) is 0. The van der Waals surface area contributed by atoms with Gasteiger partial charge in [0.2, 0.25) is 5.88 Å². The number of carbonyl (C=O) groups excluding carboxylic acids is 1. The second-order valence-corrected chi connectivity index (χ2v) is 8.41. The molecule has 1 atom stereocenters. The number of hydrogen-bond acceptors (Lipinski definition) is 4. The number of aromatic nitrogens is 1. The highest BCUT2D eigenvalue weighted by Gasteiger charge is 2.31. The van der Waals surface area contributed by atoms with Crippen molar-refractivity contribution < 1.29 is 13.9 Å². The van der Waals surface area contributed by atoms with Crippen LogP contribution in [0.2, 0.25) is 0 Å². The molecule has 0 radical (unpaired) electrons. The number of aryl methyl sites for hydroxylation is 1. The molecule has 0 bridgehead atoms. The third kappa shape index (κ3) is 5.16. The molecule has 0 fully saturated rings. The van der Waals surface area contributed by atoms with Gasteiger partial charge in [0.05, 0.1) is 6.04 Å². The molecule has 3 aromatic rings. The Balaban J connectivity index is 1.57. The van der Waals surface area contributed by atoms with Crippen LogP contribution in [0.1, 0.15) is 40.9 Å². The number of benzene rings is 2. The molecule has 5 nitrogen and oxygen atoms in total. The highest BCUT2D eigenvalue weighted by molar-refractivity contribution is 5.95. The topological polar surface area (TPSA) is 45.7 Å². The van der Waals surface area contributed by atoms with Crippen LogP contribution >= 0.6 is 0 Å². The SMILES string of the molecule is CCN(CC)c1ccc(C(=O)N2Cc3ccc(F)cc3CC2COc2ccc(C)cn2)cc1. The maximum atomic E-state index is 13.9. The summed E-state index contributed by atoms with van der Waals surface area (Å²) in [6, 6.07) is 16.1. The number of pyridine rings is 1. The van der Waals surface area contributed by atoms with Crippen molar-refractivity contribution in [3.05, 3.63) is 88.9 Å². The van der Waals surface area contributed by atoms with Crippen molar-refractivity contribution in [1.29, 1.82) is 0 Å². The standard InChI is InChI=1S/C27H30FN3O2/c1-4-30(5-2)24-11-8-20(9-12-24)27(32)31-17-21-7-10-23(28)14-22(21)15-25(31)18-33-26-13-6-19(3)16-29-26/h6-14,16,25H,4-5,15,17-18H2,1-3H3. The summed E-state index contributed by atoms with van der Waals surface area (Å²) in [7, 11) is 0. The quantitative estimate of drug-likeness (QED) is 0.510. The number of ether oxygens (including phenoxy) is 1. The summed E-state index contributed by atoms with van der Waals surface area (Å²) in [6.45, 7) is 8.73. The Morgan fingerprint density at radius 1 is 1.09 bits per heavy atom. The lowest BCUT2D eigenvalue weighted by Crippen LogP contribution is -2.47. The summed E-state index contributed by atoms with van der Waals surface area (Å²) in [5.74, 6) is 0.198.